The van der Waals surface area contributed by atoms with E-state index >= 15 is 0 Å². The zero-order valence-corrected chi connectivity index (χ0v) is 11.5. The molecule has 0 saturated heterocycles. The van der Waals surface area contributed by atoms with Gasteiger partial charge in [-0.25, -0.2) is 8.78 Å². The van der Waals surface area contributed by atoms with E-state index in [4.69, 9.17) is 11.6 Å². The van der Waals surface area contributed by atoms with Gasteiger partial charge >= 0.3 is 0 Å². The van der Waals surface area contributed by atoms with Crippen molar-refractivity contribution in [3.8, 4) is 0 Å². The summed E-state index contributed by atoms with van der Waals surface area (Å²) in [5, 5.41) is 3.52. The van der Waals surface area contributed by atoms with Crippen LogP contribution in [0.2, 0.25) is 5.02 Å². The maximum absolute atomic E-state index is 13.0. The van der Waals surface area contributed by atoms with Crippen molar-refractivity contribution in [2.45, 2.75) is 6.54 Å². The standard InChI is InChI=1S/C13H9BrClF2N/c14-9-1-2-13(15)8(3-9)7-18-12-5-10(16)4-11(17)6-12/h1-6,18H,7H2. The molecule has 0 bridgehead atoms. The fraction of sp³-hybridized carbons (Fsp3) is 0.0769. The normalized spacial score (nSPS) is 10.4. The largest absolute Gasteiger partial charge is 0.381 e. The van der Waals surface area contributed by atoms with Gasteiger partial charge in [0.05, 0.1) is 0 Å². The third-order valence-electron chi connectivity index (χ3n) is 2.35. The van der Waals surface area contributed by atoms with Crippen LogP contribution in [0, 0.1) is 11.6 Å². The van der Waals surface area contributed by atoms with E-state index in [1.807, 2.05) is 12.1 Å². The average Bonchev–Trinajstić information content (AvgIpc) is 2.29. The highest BCUT2D eigenvalue weighted by Crippen LogP contribution is 2.22. The number of hydrogen-bond donors (Lipinski definition) is 1. The molecule has 2 aromatic carbocycles. The van der Waals surface area contributed by atoms with E-state index in [1.165, 1.54) is 12.1 Å². The van der Waals surface area contributed by atoms with Crippen molar-refractivity contribution in [3.05, 3.63) is 63.1 Å². The van der Waals surface area contributed by atoms with Crippen LogP contribution in [0.25, 0.3) is 0 Å². The predicted octanol–water partition coefficient (Wildman–Crippen LogP) is 4.99. The van der Waals surface area contributed by atoms with Gasteiger partial charge in [0.2, 0.25) is 0 Å². The number of rotatable bonds is 3. The average molecular weight is 333 g/mol. The quantitative estimate of drug-likeness (QED) is 0.834. The van der Waals surface area contributed by atoms with Crippen LogP contribution in [0.3, 0.4) is 0 Å². The van der Waals surface area contributed by atoms with Crippen LogP contribution >= 0.6 is 27.5 Å². The van der Waals surface area contributed by atoms with Gasteiger partial charge in [-0.15, -0.1) is 0 Å². The Morgan fingerprint density at radius 1 is 1.06 bits per heavy atom. The molecule has 0 aliphatic heterocycles. The fourth-order valence-electron chi connectivity index (χ4n) is 1.53. The van der Waals surface area contributed by atoms with Gasteiger partial charge in [0.1, 0.15) is 11.6 Å². The summed E-state index contributed by atoms with van der Waals surface area (Å²) in [7, 11) is 0. The minimum atomic E-state index is -0.613. The molecule has 0 fully saturated rings. The van der Waals surface area contributed by atoms with Crippen LogP contribution in [0.4, 0.5) is 14.5 Å². The minimum Gasteiger partial charge on any atom is -0.381 e. The zero-order valence-electron chi connectivity index (χ0n) is 9.18. The number of halogens is 4. The topological polar surface area (TPSA) is 12.0 Å². The number of nitrogens with one attached hydrogen (secondary N) is 1. The van der Waals surface area contributed by atoms with Crippen LogP contribution in [-0.2, 0) is 6.54 Å². The summed E-state index contributed by atoms with van der Waals surface area (Å²) in [5.74, 6) is -1.23. The number of benzene rings is 2. The number of anilines is 1. The molecule has 0 amide bonds. The summed E-state index contributed by atoms with van der Waals surface area (Å²) in [5.41, 5.74) is 1.22. The van der Waals surface area contributed by atoms with Gasteiger partial charge in [-0.1, -0.05) is 27.5 Å². The van der Waals surface area contributed by atoms with Crippen molar-refractivity contribution >= 4 is 33.2 Å². The molecule has 0 atom stereocenters. The Labute approximate surface area is 117 Å². The van der Waals surface area contributed by atoms with Gasteiger partial charge in [0.25, 0.3) is 0 Å². The van der Waals surface area contributed by atoms with Crippen LogP contribution in [-0.4, -0.2) is 0 Å². The second kappa shape index (κ2) is 5.67. The Balaban J connectivity index is 2.13. The fourth-order valence-corrected chi connectivity index (χ4v) is 2.12. The molecule has 1 nitrogen and oxygen atoms in total. The first-order chi connectivity index (χ1) is 8.54. The van der Waals surface area contributed by atoms with Crippen molar-refractivity contribution in [1.29, 1.82) is 0 Å². The van der Waals surface area contributed by atoms with E-state index in [1.54, 1.807) is 6.07 Å². The lowest BCUT2D eigenvalue weighted by Gasteiger charge is -2.09. The molecule has 1 N–H and O–H groups in total. The van der Waals surface area contributed by atoms with E-state index in [0.717, 1.165) is 16.1 Å². The molecule has 0 spiro atoms. The Morgan fingerprint density at radius 2 is 1.72 bits per heavy atom. The highest BCUT2D eigenvalue weighted by atomic mass is 79.9. The van der Waals surface area contributed by atoms with Gasteiger partial charge in [-0.05, 0) is 35.9 Å². The van der Waals surface area contributed by atoms with Crippen LogP contribution in [0.1, 0.15) is 5.56 Å². The third kappa shape index (κ3) is 3.43. The first-order valence-electron chi connectivity index (χ1n) is 5.18. The minimum absolute atomic E-state index is 0.378. The van der Waals surface area contributed by atoms with Gasteiger partial charge in [0, 0.05) is 27.8 Å². The molecular weight excluding hydrogens is 324 g/mol. The van der Waals surface area contributed by atoms with Crippen LogP contribution in [0.15, 0.2) is 40.9 Å². The molecule has 0 saturated carbocycles. The summed E-state index contributed by atoms with van der Waals surface area (Å²) < 4.78 is 26.9. The molecular formula is C13H9BrClF2N. The van der Waals surface area contributed by atoms with E-state index < -0.39 is 11.6 Å². The second-order valence-electron chi connectivity index (χ2n) is 3.75. The SMILES string of the molecule is Fc1cc(F)cc(NCc2cc(Br)ccc2Cl)c1. The van der Waals surface area contributed by atoms with Crippen molar-refractivity contribution in [1.82, 2.24) is 0 Å². The van der Waals surface area contributed by atoms with Crippen molar-refractivity contribution < 1.29 is 8.78 Å². The molecule has 2 aromatic rings. The molecule has 0 unspecified atom stereocenters. The summed E-state index contributed by atoms with van der Waals surface area (Å²) in [4.78, 5) is 0. The summed E-state index contributed by atoms with van der Waals surface area (Å²) in [6.07, 6.45) is 0. The molecule has 0 radical (unpaired) electrons. The number of hydrogen-bond acceptors (Lipinski definition) is 1. The second-order valence-corrected chi connectivity index (χ2v) is 5.07. The van der Waals surface area contributed by atoms with Gasteiger partial charge in [-0.3, -0.25) is 0 Å². The molecule has 94 valence electrons. The summed E-state index contributed by atoms with van der Waals surface area (Å²) in [6, 6.07) is 8.73. The Morgan fingerprint density at radius 3 is 2.39 bits per heavy atom. The smallest absolute Gasteiger partial charge is 0.128 e. The van der Waals surface area contributed by atoms with Crippen molar-refractivity contribution in [2.24, 2.45) is 0 Å². The van der Waals surface area contributed by atoms with E-state index in [9.17, 15) is 8.78 Å². The van der Waals surface area contributed by atoms with Gasteiger partial charge in [-0.2, -0.15) is 0 Å². The van der Waals surface area contributed by atoms with E-state index in [0.29, 0.717) is 17.3 Å². The van der Waals surface area contributed by atoms with E-state index in [-0.39, 0.29) is 0 Å². The highest BCUT2D eigenvalue weighted by molar-refractivity contribution is 9.10. The molecule has 18 heavy (non-hydrogen) atoms. The molecule has 0 aromatic heterocycles. The van der Waals surface area contributed by atoms with Gasteiger partial charge in [0.15, 0.2) is 0 Å². The third-order valence-corrected chi connectivity index (χ3v) is 3.22. The molecule has 2 rings (SSSR count). The maximum atomic E-state index is 13.0. The van der Waals surface area contributed by atoms with E-state index in [2.05, 4.69) is 21.2 Å². The van der Waals surface area contributed by atoms with Crippen molar-refractivity contribution in [2.75, 3.05) is 5.32 Å². The highest BCUT2D eigenvalue weighted by Gasteiger charge is 2.03. The first kappa shape index (κ1) is 13.3. The predicted molar refractivity (Wildman–Crippen MR) is 72.8 cm³/mol. The van der Waals surface area contributed by atoms with Gasteiger partial charge < -0.3 is 5.32 Å². The zero-order chi connectivity index (χ0) is 13.1. The lowest BCUT2D eigenvalue weighted by atomic mass is 10.2. The molecule has 5 heteroatoms. The maximum Gasteiger partial charge on any atom is 0.128 e. The summed E-state index contributed by atoms with van der Waals surface area (Å²) >= 11 is 9.36. The monoisotopic (exact) mass is 331 g/mol. The van der Waals surface area contributed by atoms with Crippen LogP contribution < -0.4 is 5.32 Å². The van der Waals surface area contributed by atoms with Crippen LogP contribution in [0.5, 0.6) is 0 Å². The lowest BCUT2D eigenvalue weighted by molar-refractivity contribution is 0.584. The van der Waals surface area contributed by atoms with Crippen molar-refractivity contribution in [3.63, 3.8) is 0 Å². The Bertz CT molecular complexity index is 555. The Hall–Kier alpha value is -1.13. The summed E-state index contributed by atoms with van der Waals surface area (Å²) in [6.45, 7) is 0.390. The molecule has 0 aliphatic carbocycles. The Kier molecular flexibility index (Phi) is 4.19. The molecule has 0 aliphatic rings. The first-order valence-corrected chi connectivity index (χ1v) is 6.35. The lowest BCUT2D eigenvalue weighted by Crippen LogP contribution is -2.01. The molecule has 0 heterocycles.